The first-order chi connectivity index (χ1) is 13.0. The Balaban J connectivity index is 2.10. The molecule has 2 aromatic heterocycles. The molecule has 0 fully saturated rings. The Morgan fingerprint density at radius 3 is 2.59 bits per heavy atom. The molecule has 1 N–H and O–H groups in total. The Labute approximate surface area is 159 Å². The molecule has 3 aromatic rings. The fraction of sp³-hybridized carbons (Fsp3) is 0.450. The molecule has 0 saturated heterocycles. The Morgan fingerprint density at radius 1 is 1.15 bits per heavy atom. The van der Waals surface area contributed by atoms with E-state index in [-0.39, 0.29) is 5.92 Å². The first-order valence-electron chi connectivity index (χ1n) is 9.11. The molecule has 27 heavy (non-hydrogen) atoms. The molecule has 0 saturated carbocycles. The van der Waals surface area contributed by atoms with Crippen molar-refractivity contribution in [3.05, 3.63) is 40.8 Å². The van der Waals surface area contributed by atoms with Crippen LogP contribution in [0, 0.1) is 20.8 Å². The number of benzene rings is 1. The fourth-order valence-electron chi connectivity index (χ4n) is 3.36. The number of hydrogen-bond donors (Lipinski definition) is 1. The predicted molar refractivity (Wildman–Crippen MR) is 106 cm³/mol. The zero-order valence-corrected chi connectivity index (χ0v) is 16.8. The summed E-state index contributed by atoms with van der Waals surface area (Å²) in [6, 6.07) is 4.11. The number of nitrogens with zero attached hydrogens (tertiary/aromatic N) is 4. The largest absolute Gasteiger partial charge is 0.495 e. The molecule has 7 heteroatoms. The second kappa shape index (κ2) is 7.92. The minimum Gasteiger partial charge on any atom is -0.495 e. The molecule has 0 bridgehead atoms. The lowest BCUT2D eigenvalue weighted by Gasteiger charge is -2.16. The van der Waals surface area contributed by atoms with Gasteiger partial charge < -0.3 is 14.8 Å². The van der Waals surface area contributed by atoms with Crippen molar-refractivity contribution in [1.29, 1.82) is 0 Å². The van der Waals surface area contributed by atoms with Gasteiger partial charge in [0.05, 0.1) is 25.6 Å². The van der Waals surface area contributed by atoms with E-state index in [1.54, 1.807) is 18.7 Å². The van der Waals surface area contributed by atoms with E-state index in [1.165, 1.54) is 0 Å². The molecule has 3 rings (SSSR count). The van der Waals surface area contributed by atoms with Gasteiger partial charge in [0.1, 0.15) is 11.6 Å². The molecule has 0 radical (unpaired) electrons. The van der Waals surface area contributed by atoms with Crippen molar-refractivity contribution < 1.29 is 9.47 Å². The molecule has 1 unspecified atom stereocenters. The number of hydrogen-bond acceptors (Lipinski definition) is 6. The number of aromatic nitrogens is 4. The second-order valence-corrected chi connectivity index (χ2v) is 6.77. The van der Waals surface area contributed by atoms with Crippen molar-refractivity contribution in [2.75, 3.05) is 26.1 Å². The van der Waals surface area contributed by atoms with Gasteiger partial charge >= 0.3 is 0 Å². The van der Waals surface area contributed by atoms with Crippen LogP contribution < -0.4 is 10.1 Å². The third-order valence-corrected chi connectivity index (χ3v) is 4.71. The maximum atomic E-state index is 5.56. The summed E-state index contributed by atoms with van der Waals surface area (Å²) in [6.07, 6.45) is 2.81. The summed E-state index contributed by atoms with van der Waals surface area (Å²) < 4.78 is 12.7. The summed E-state index contributed by atoms with van der Waals surface area (Å²) in [6.45, 7) is 8.75. The summed E-state index contributed by atoms with van der Waals surface area (Å²) >= 11 is 0. The van der Waals surface area contributed by atoms with Crippen LogP contribution in [0.1, 0.15) is 41.8 Å². The maximum absolute atomic E-state index is 5.56. The predicted octanol–water partition coefficient (Wildman–Crippen LogP) is 3.94. The Bertz CT molecular complexity index is 951. The molecule has 0 aliphatic rings. The number of nitrogens with one attached hydrogen (secondary N) is 1. The molecule has 1 atom stereocenters. The van der Waals surface area contributed by atoms with E-state index in [0.717, 1.165) is 40.2 Å². The molecule has 1 aromatic carbocycles. The van der Waals surface area contributed by atoms with E-state index >= 15 is 0 Å². The van der Waals surface area contributed by atoms with E-state index in [0.29, 0.717) is 18.4 Å². The summed E-state index contributed by atoms with van der Waals surface area (Å²) in [5.74, 6) is 2.31. The van der Waals surface area contributed by atoms with Gasteiger partial charge in [-0.05, 0) is 44.4 Å². The van der Waals surface area contributed by atoms with Crippen LogP contribution in [0.5, 0.6) is 5.75 Å². The van der Waals surface area contributed by atoms with Crippen LogP contribution in [0.4, 0.5) is 11.6 Å². The summed E-state index contributed by atoms with van der Waals surface area (Å²) in [4.78, 5) is 9.20. The van der Waals surface area contributed by atoms with Gasteiger partial charge in [0.25, 0.3) is 0 Å². The van der Waals surface area contributed by atoms with Gasteiger partial charge in [-0.3, -0.25) is 0 Å². The normalized spacial score (nSPS) is 12.4. The monoisotopic (exact) mass is 369 g/mol. The van der Waals surface area contributed by atoms with E-state index in [1.807, 2.05) is 33.0 Å². The van der Waals surface area contributed by atoms with Gasteiger partial charge in [-0.25, -0.2) is 4.98 Å². The zero-order chi connectivity index (χ0) is 19.6. The molecule has 2 heterocycles. The van der Waals surface area contributed by atoms with Crippen LogP contribution in [-0.4, -0.2) is 40.4 Å². The van der Waals surface area contributed by atoms with E-state index in [9.17, 15) is 0 Å². The molecule has 0 aliphatic carbocycles. The third kappa shape index (κ3) is 3.73. The first kappa shape index (κ1) is 19.1. The minimum atomic E-state index is 0.241. The van der Waals surface area contributed by atoms with Gasteiger partial charge in [-0.1, -0.05) is 13.0 Å². The van der Waals surface area contributed by atoms with Gasteiger partial charge in [0, 0.05) is 18.6 Å². The van der Waals surface area contributed by atoms with E-state index in [4.69, 9.17) is 9.47 Å². The van der Waals surface area contributed by atoms with Crippen molar-refractivity contribution >= 4 is 17.3 Å². The molecule has 0 aliphatic heterocycles. The SMILES string of the molecule is CCC(COC)c1cnn2c(Nc3c(C)cc(C)cc3OC)nc(C)nc12. The van der Waals surface area contributed by atoms with Crippen LogP contribution in [0.2, 0.25) is 0 Å². The highest BCUT2D eigenvalue weighted by Gasteiger charge is 2.19. The van der Waals surface area contributed by atoms with Crippen molar-refractivity contribution in [2.24, 2.45) is 0 Å². The van der Waals surface area contributed by atoms with Crippen LogP contribution in [0.25, 0.3) is 5.65 Å². The number of methoxy groups -OCH3 is 2. The zero-order valence-electron chi connectivity index (χ0n) is 16.8. The Morgan fingerprint density at radius 2 is 1.93 bits per heavy atom. The highest BCUT2D eigenvalue weighted by atomic mass is 16.5. The quantitative estimate of drug-likeness (QED) is 0.680. The average Bonchev–Trinajstić information content (AvgIpc) is 3.05. The summed E-state index contributed by atoms with van der Waals surface area (Å²) in [5.41, 5.74) is 4.97. The Kier molecular flexibility index (Phi) is 5.60. The molecule has 7 nitrogen and oxygen atoms in total. The van der Waals surface area contributed by atoms with Crippen LogP contribution >= 0.6 is 0 Å². The first-order valence-corrected chi connectivity index (χ1v) is 9.11. The van der Waals surface area contributed by atoms with Crippen molar-refractivity contribution in [3.8, 4) is 5.75 Å². The number of aryl methyl sites for hydroxylation is 3. The topological polar surface area (TPSA) is 73.6 Å². The van der Waals surface area contributed by atoms with Crippen LogP contribution in [0.15, 0.2) is 18.3 Å². The second-order valence-electron chi connectivity index (χ2n) is 6.77. The smallest absolute Gasteiger partial charge is 0.232 e. The van der Waals surface area contributed by atoms with Gasteiger partial charge in [0.2, 0.25) is 5.95 Å². The summed E-state index contributed by atoms with van der Waals surface area (Å²) in [5, 5.41) is 7.94. The maximum Gasteiger partial charge on any atom is 0.232 e. The molecule has 0 amide bonds. The van der Waals surface area contributed by atoms with Gasteiger partial charge in [-0.2, -0.15) is 14.6 Å². The lowest BCUT2D eigenvalue weighted by atomic mass is 10.0. The van der Waals surface area contributed by atoms with Gasteiger partial charge in [-0.15, -0.1) is 0 Å². The van der Waals surface area contributed by atoms with Crippen molar-refractivity contribution in [2.45, 2.75) is 40.0 Å². The van der Waals surface area contributed by atoms with E-state index in [2.05, 4.69) is 33.4 Å². The molecule has 0 spiro atoms. The fourth-order valence-corrected chi connectivity index (χ4v) is 3.36. The van der Waals surface area contributed by atoms with Crippen LogP contribution in [-0.2, 0) is 4.74 Å². The summed E-state index contributed by atoms with van der Waals surface area (Å²) in [7, 11) is 3.39. The van der Waals surface area contributed by atoms with Crippen LogP contribution in [0.3, 0.4) is 0 Å². The van der Waals surface area contributed by atoms with Crippen molar-refractivity contribution in [1.82, 2.24) is 19.6 Å². The standard InChI is InChI=1S/C20H27N5O2/c1-7-15(11-26-5)16-10-21-25-19(16)22-14(4)23-20(25)24-18-13(3)8-12(2)9-17(18)27-6/h8-10,15H,7,11H2,1-6H3,(H,22,23,24). The highest BCUT2D eigenvalue weighted by molar-refractivity contribution is 5.69. The minimum absolute atomic E-state index is 0.241. The average molecular weight is 369 g/mol. The van der Waals surface area contributed by atoms with Crippen molar-refractivity contribution in [3.63, 3.8) is 0 Å². The number of rotatable bonds is 7. The van der Waals surface area contributed by atoms with Gasteiger partial charge in [0.15, 0.2) is 5.65 Å². The molecular formula is C20H27N5O2. The Hall–Kier alpha value is -2.67. The lowest BCUT2D eigenvalue weighted by Crippen LogP contribution is -2.10. The number of anilines is 2. The number of ether oxygens (including phenoxy) is 2. The van der Waals surface area contributed by atoms with E-state index < -0.39 is 0 Å². The third-order valence-electron chi connectivity index (χ3n) is 4.71. The number of fused-ring (bicyclic) bond motifs is 1. The molecule has 144 valence electrons. The molecular weight excluding hydrogens is 342 g/mol. The highest BCUT2D eigenvalue weighted by Crippen LogP contribution is 2.32. The lowest BCUT2D eigenvalue weighted by molar-refractivity contribution is 0.178.